The highest BCUT2D eigenvalue weighted by molar-refractivity contribution is 4.70. The lowest BCUT2D eigenvalue weighted by atomic mass is 10.7. The fraction of sp³-hybridized carbons (Fsp3) is 0. The van der Waals surface area contributed by atoms with Gasteiger partial charge in [0.1, 0.15) is 0 Å². The molecule has 0 saturated heterocycles. The maximum atomic E-state index is 3.49. The van der Waals surface area contributed by atoms with Crippen LogP contribution in [0.3, 0.4) is 0 Å². The molecule has 2 radical (unpaired) electrons. The quantitative estimate of drug-likeness (QED) is 0.439. The SMILES string of the molecule is [c]1cn[c]nc1. The standard InChI is InChI=1S/C4H2N2/c1-2-5-4-6-3-1/h2-3H. The zero-order valence-electron chi connectivity index (χ0n) is 3.05. The molecule has 0 N–H and O–H groups in total. The van der Waals surface area contributed by atoms with Crippen molar-refractivity contribution in [2.75, 3.05) is 0 Å². The van der Waals surface area contributed by atoms with Gasteiger partial charge in [-0.15, -0.1) is 0 Å². The Morgan fingerprint density at radius 3 is 2.00 bits per heavy atom. The van der Waals surface area contributed by atoms with E-state index in [1.165, 1.54) is 12.4 Å². The molecule has 0 unspecified atom stereocenters. The highest BCUT2D eigenvalue weighted by Crippen LogP contribution is 1.63. The fourth-order valence-corrected chi connectivity index (χ4v) is 0.199. The van der Waals surface area contributed by atoms with Gasteiger partial charge in [-0.25, -0.2) is 9.97 Å². The maximum absolute atomic E-state index is 3.49. The summed E-state index contributed by atoms with van der Waals surface area (Å²) in [4.78, 5) is 6.99. The summed E-state index contributed by atoms with van der Waals surface area (Å²) in [5, 5.41) is 0. The zero-order chi connectivity index (χ0) is 4.24. The molecule has 2 heteroatoms. The van der Waals surface area contributed by atoms with Crippen LogP contribution in [0.25, 0.3) is 0 Å². The number of nitrogens with zero attached hydrogens (tertiary/aromatic N) is 2. The van der Waals surface area contributed by atoms with E-state index in [9.17, 15) is 0 Å². The third-order valence-corrected chi connectivity index (χ3v) is 0.394. The van der Waals surface area contributed by atoms with Crippen LogP contribution in [0.15, 0.2) is 12.4 Å². The predicted molar refractivity (Wildman–Crippen MR) is 19.7 cm³/mol. The molecule has 0 aliphatic heterocycles. The molecule has 1 rings (SSSR count). The molecule has 28 valence electrons. The Labute approximate surface area is 35.9 Å². The molecule has 0 fully saturated rings. The molecule has 1 heterocycles. The summed E-state index contributed by atoms with van der Waals surface area (Å²) in [7, 11) is 0. The van der Waals surface area contributed by atoms with Gasteiger partial charge in [-0.2, -0.15) is 0 Å². The van der Waals surface area contributed by atoms with Crippen LogP contribution in [-0.4, -0.2) is 9.97 Å². The van der Waals surface area contributed by atoms with Gasteiger partial charge in [0.15, 0.2) is 6.33 Å². The predicted octanol–water partition coefficient (Wildman–Crippen LogP) is 0.0770. The number of aromatic nitrogens is 2. The van der Waals surface area contributed by atoms with E-state index < -0.39 is 0 Å². The summed E-state index contributed by atoms with van der Waals surface area (Å²) in [6.07, 6.45) is 5.38. The average Bonchev–Trinajstić information content (AvgIpc) is 1.72. The second-order valence-electron chi connectivity index (χ2n) is 0.783. The molecule has 1 aromatic rings. The summed E-state index contributed by atoms with van der Waals surface area (Å²) in [6.45, 7) is 0. The molecular formula is C4H2N2. The lowest BCUT2D eigenvalue weighted by molar-refractivity contribution is 1.14. The van der Waals surface area contributed by atoms with Gasteiger partial charge >= 0.3 is 0 Å². The van der Waals surface area contributed by atoms with Crippen LogP contribution >= 0.6 is 0 Å². The Balaban J connectivity index is 3.00. The Morgan fingerprint density at radius 1 is 1.17 bits per heavy atom. The third-order valence-electron chi connectivity index (χ3n) is 0.394. The van der Waals surface area contributed by atoms with Crippen molar-refractivity contribution in [2.45, 2.75) is 0 Å². The van der Waals surface area contributed by atoms with E-state index in [1.807, 2.05) is 0 Å². The first-order valence-electron chi connectivity index (χ1n) is 1.54. The van der Waals surface area contributed by atoms with Crippen LogP contribution in [0, 0.1) is 12.4 Å². The Kier molecular flexibility index (Phi) is 0.819. The highest BCUT2D eigenvalue weighted by atomic mass is 14.8. The van der Waals surface area contributed by atoms with E-state index in [0.29, 0.717) is 0 Å². The van der Waals surface area contributed by atoms with Gasteiger partial charge in [0.2, 0.25) is 0 Å². The number of hydrogen-bond donors (Lipinski definition) is 0. The summed E-state index contributed by atoms with van der Waals surface area (Å²) >= 11 is 0. The summed E-state index contributed by atoms with van der Waals surface area (Å²) < 4.78 is 0. The first kappa shape index (κ1) is 3.28. The molecule has 0 aromatic carbocycles. The molecule has 0 aliphatic rings. The van der Waals surface area contributed by atoms with Crippen molar-refractivity contribution >= 4 is 0 Å². The molecule has 2 nitrogen and oxygen atoms in total. The second-order valence-corrected chi connectivity index (χ2v) is 0.783. The molecule has 0 aliphatic carbocycles. The molecule has 0 saturated carbocycles. The number of hydrogen-bond acceptors (Lipinski definition) is 2. The largest absolute Gasteiger partial charge is 0.233 e. The molecule has 0 bridgehead atoms. The molecule has 0 spiro atoms. The fourth-order valence-electron chi connectivity index (χ4n) is 0.199. The minimum Gasteiger partial charge on any atom is -0.233 e. The van der Waals surface area contributed by atoms with Crippen LogP contribution in [0.2, 0.25) is 0 Å². The minimum absolute atomic E-state index is 1.51. The highest BCUT2D eigenvalue weighted by Gasteiger charge is 1.62. The van der Waals surface area contributed by atoms with Crippen LogP contribution in [0.5, 0.6) is 0 Å². The Morgan fingerprint density at radius 2 is 1.83 bits per heavy atom. The van der Waals surface area contributed by atoms with E-state index in [1.54, 1.807) is 0 Å². The van der Waals surface area contributed by atoms with Gasteiger partial charge in [0, 0.05) is 18.5 Å². The lowest BCUT2D eigenvalue weighted by Crippen LogP contribution is -1.69. The first-order chi connectivity index (χ1) is 3.00. The van der Waals surface area contributed by atoms with E-state index in [4.69, 9.17) is 0 Å². The molecular weight excluding hydrogens is 76.1 g/mol. The topological polar surface area (TPSA) is 25.8 Å². The van der Waals surface area contributed by atoms with E-state index >= 15 is 0 Å². The van der Waals surface area contributed by atoms with Gasteiger partial charge in [0.25, 0.3) is 0 Å². The van der Waals surface area contributed by atoms with Gasteiger partial charge < -0.3 is 0 Å². The van der Waals surface area contributed by atoms with Crippen LogP contribution in [-0.2, 0) is 0 Å². The summed E-state index contributed by atoms with van der Waals surface area (Å²) in [5.41, 5.74) is 0. The smallest absolute Gasteiger partial charge is 0.197 e. The first-order valence-corrected chi connectivity index (χ1v) is 1.54. The van der Waals surface area contributed by atoms with Gasteiger partial charge in [0.05, 0.1) is 0 Å². The minimum atomic E-state index is 1.51. The van der Waals surface area contributed by atoms with E-state index in [2.05, 4.69) is 22.4 Å². The summed E-state index contributed by atoms with van der Waals surface area (Å²) in [5.74, 6) is 0. The van der Waals surface area contributed by atoms with Crippen molar-refractivity contribution in [3.8, 4) is 0 Å². The second kappa shape index (κ2) is 1.50. The van der Waals surface area contributed by atoms with Gasteiger partial charge in [-0.3, -0.25) is 0 Å². The summed E-state index contributed by atoms with van der Waals surface area (Å²) in [6, 6.07) is 2.64. The monoisotopic (exact) mass is 78.0 g/mol. The van der Waals surface area contributed by atoms with Crippen molar-refractivity contribution in [2.24, 2.45) is 0 Å². The normalized spacial score (nSPS) is 8.00. The molecule has 0 amide bonds. The number of rotatable bonds is 0. The van der Waals surface area contributed by atoms with Crippen molar-refractivity contribution in [3.05, 3.63) is 24.8 Å². The Bertz CT molecular complexity index is 77.5. The van der Waals surface area contributed by atoms with Crippen molar-refractivity contribution < 1.29 is 0 Å². The van der Waals surface area contributed by atoms with Gasteiger partial charge in [-0.05, 0) is 0 Å². The maximum Gasteiger partial charge on any atom is 0.197 e. The lowest BCUT2D eigenvalue weighted by Gasteiger charge is -1.67. The van der Waals surface area contributed by atoms with Crippen molar-refractivity contribution in [1.29, 1.82) is 0 Å². The van der Waals surface area contributed by atoms with Crippen molar-refractivity contribution in [1.82, 2.24) is 9.97 Å². The van der Waals surface area contributed by atoms with Crippen molar-refractivity contribution in [3.63, 3.8) is 0 Å². The third kappa shape index (κ3) is 0.516. The van der Waals surface area contributed by atoms with Crippen LogP contribution in [0.1, 0.15) is 0 Å². The van der Waals surface area contributed by atoms with E-state index in [0.717, 1.165) is 0 Å². The molecule has 6 heavy (non-hydrogen) atoms. The Hall–Kier alpha value is -0.920. The molecule has 1 aromatic heterocycles. The van der Waals surface area contributed by atoms with Crippen LogP contribution in [0.4, 0.5) is 0 Å². The van der Waals surface area contributed by atoms with Gasteiger partial charge in [-0.1, -0.05) is 0 Å². The van der Waals surface area contributed by atoms with E-state index in [-0.39, 0.29) is 0 Å². The molecule has 0 atom stereocenters. The average molecular weight is 78.1 g/mol. The zero-order valence-corrected chi connectivity index (χ0v) is 3.05. The van der Waals surface area contributed by atoms with Crippen LogP contribution < -0.4 is 0 Å².